The van der Waals surface area contributed by atoms with Gasteiger partial charge in [-0.25, -0.2) is 0 Å². The fraction of sp³-hybridized carbons (Fsp3) is 0.750. The second-order valence-electron chi connectivity index (χ2n) is 3.69. The van der Waals surface area contributed by atoms with E-state index in [9.17, 15) is 0 Å². The molecule has 1 heterocycles. The fourth-order valence-corrected chi connectivity index (χ4v) is 0.769. The van der Waals surface area contributed by atoms with Gasteiger partial charge in [-0.05, 0) is 6.92 Å². The van der Waals surface area contributed by atoms with Crippen LogP contribution in [0.5, 0.6) is 0 Å². The molecule has 0 aliphatic rings. The summed E-state index contributed by atoms with van der Waals surface area (Å²) in [5.74, 6) is 1.09. The second kappa shape index (κ2) is 3.43. The van der Waals surface area contributed by atoms with E-state index >= 15 is 0 Å². The van der Waals surface area contributed by atoms with Gasteiger partial charge in [0.25, 0.3) is 0 Å². The van der Waals surface area contributed by atoms with E-state index in [1.807, 2.05) is 13.8 Å². The van der Waals surface area contributed by atoms with E-state index in [0.717, 1.165) is 0 Å². The van der Waals surface area contributed by atoms with Crippen LogP contribution in [-0.4, -0.2) is 21.9 Å². The highest BCUT2D eigenvalue weighted by Crippen LogP contribution is 2.17. The molecule has 0 aliphatic carbocycles. The van der Waals surface area contributed by atoms with Crippen LogP contribution in [0.1, 0.15) is 38.4 Å². The molecule has 0 radical (unpaired) electrons. The van der Waals surface area contributed by atoms with Crippen LogP contribution in [0.4, 0.5) is 0 Å². The molecule has 0 saturated carbocycles. The molecule has 0 aromatic carbocycles. The topological polar surface area (TPSA) is 85.2 Å². The lowest BCUT2D eigenvalue weighted by Crippen LogP contribution is -2.37. The van der Waals surface area contributed by atoms with E-state index in [2.05, 4.69) is 10.1 Å². The monoisotopic (exact) mass is 185 g/mol. The zero-order chi connectivity index (χ0) is 10.1. The SMILES string of the molecule is CC(C)c1noc(C(C)(N)CO)n1. The largest absolute Gasteiger partial charge is 0.394 e. The summed E-state index contributed by atoms with van der Waals surface area (Å²) in [6, 6.07) is 0. The van der Waals surface area contributed by atoms with Crippen molar-refractivity contribution in [3.8, 4) is 0 Å². The smallest absolute Gasteiger partial charge is 0.248 e. The van der Waals surface area contributed by atoms with Crippen molar-refractivity contribution >= 4 is 0 Å². The molecule has 5 heteroatoms. The Morgan fingerprint density at radius 1 is 1.62 bits per heavy atom. The van der Waals surface area contributed by atoms with Gasteiger partial charge in [-0.1, -0.05) is 19.0 Å². The lowest BCUT2D eigenvalue weighted by Gasteiger charge is -2.15. The molecule has 1 unspecified atom stereocenters. The third-order valence-electron chi connectivity index (χ3n) is 1.78. The van der Waals surface area contributed by atoms with Crippen LogP contribution in [0.3, 0.4) is 0 Å². The van der Waals surface area contributed by atoms with Gasteiger partial charge in [-0.15, -0.1) is 0 Å². The number of hydrogen-bond donors (Lipinski definition) is 2. The first-order valence-corrected chi connectivity index (χ1v) is 4.21. The molecule has 0 aliphatic heterocycles. The summed E-state index contributed by atoms with van der Waals surface area (Å²) in [4.78, 5) is 4.09. The van der Waals surface area contributed by atoms with Crippen LogP contribution in [0.2, 0.25) is 0 Å². The zero-order valence-electron chi connectivity index (χ0n) is 8.11. The minimum atomic E-state index is -0.944. The van der Waals surface area contributed by atoms with Gasteiger partial charge < -0.3 is 15.4 Å². The highest BCUT2D eigenvalue weighted by atomic mass is 16.5. The maximum Gasteiger partial charge on any atom is 0.248 e. The van der Waals surface area contributed by atoms with Gasteiger partial charge in [0.15, 0.2) is 5.82 Å². The van der Waals surface area contributed by atoms with Crippen molar-refractivity contribution in [2.24, 2.45) is 5.73 Å². The Bertz CT molecular complexity index is 281. The summed E-state index contributed by atoms with van der Waals surface area (Å²) in [6.45, 7) is 5.35. The molecular weight excluding hydrogens is 170 g/mol. The first kappa shape index (κ1) is 10.1. The van der Waals surface area contributed by atoms with E-state index in [-0.39, 0.29) is 18.4 Å². The summed E-state index contributed by atoms with van der Waals surface area (Å²) >= 11 is 0. The van der Waals surface area contributed by atoms with Crippen LogP contribution in [-0.2, 0) is 5.54 Å². The molecule has 74 valence electrons. The van der Waals surface area contributed by atoms with Gasteiger partial charge in [0, 0.05) is 5.92 Å². The number of aliphatic hydroxyl groups excluding tert-OH is 1. The van der Waals surface area contributed by atoms with Crippen LogP contribution in [0.15, 0.2) is 4.52 Å². The van der Waals surface area contributed by atoms with Crippen LogP contribution in [0.25, 0.3) is 0 Å². The van der Waals surface area contributed by atoms with Crippen LogP contribution < -0.4 is 5.73 Å². The molecule has 0 fully saturated rings. The molecule has 13 heavy (non-hydrogen) atoms. The maximum atomic E-state index is 8.94. The average Bonchev–Trinajstić information content (AvgIpc) is 2.52. The summed E-state index contributed by atoms with van der Waals surface area (Å²) < 4.78 is 4.94. The van der Waals surface area contributed by atoms with Crippen LogP contribution >= 0.6 is 0 Å². The maximum absolute atomic E-state index is 8.94. The lowest BCUT2D eigenvalue weighted by atomic mass is 10.1. The Hall–Kier alpha value is -0.940. The predicted octanol–water partition coefficient (Wildman–Crippen LogP) is 0.359. The quantitative estimate of drug-likeness (QED) is 0.710. The number of aromatic nitrogens is 2. The van der Waals surface area contributed by atoms with Gasteiger partial charge >= 0.3 is 0 Å². The first-order valence-electron chi connectivity index (χ1n) is 4.21. The molecule has 1 atom stereocenters. The minimum absolute atomic E-state index is 0.201. The van der Waals surface area contributed by atoms with Crippen LogP contribution in [0, 0.1) is 0 Å². The Morgan fingerprint density at radius 2 is 2.23 bits per heavy atom. The average molecular weight is 185 g/mol. The molecule has 1 aromatic rings. The molecule has 1 aromatic heterocycles. The normalized spacial score (nSPS) is 16.2. The Labute approximate surface area is 76.9 Å². The second-order valence-corrected chi connectivity index (χ2v) is 3.69. The van der Waals surface area contributed by atoms with E-state index in [4.69, 9.17) is 15.4 Å². The third-order valence-corrected chi connectivity index (χ3v) is 1.78. The number of hydrogen-bond acceptors (Lipinski definition) is 5. The van der Waals surface area contributed by atoms with E-state index in [1.54, 1.807) is 6.92 Å². The highest BCUT2D eigenvalue weighted by Gasteiger charge is 2.27. The van der Waals surface area contributed by atoms with Crippen molar-refractivity contribution in [3.05, 3.63) is 11.7 Å². The minimum Gasteiger partial charge on any atom is -0.394 e. The summed E-state index contributed by atoms with van der Waals surface area (Å²) in [7, 11) is 0. The third kappa shape index (κ3) is 2.05. The van der Waals surface area contributed by atoms with E-state index in [0.29, 0.717) is 5.82 Å². The van der Waals surface area contributed by atoms with Gasteiger partial charge in [0.2, 0.25) is 5.89 Å². The number of rotatable bonds is 3. The molecule has 0 bridgehead atoms. The molecule has 1 rings (SSSR count). The summed E-state index contributed by atoms with van der Waals surface area (Å²) in [5, 5.41) is 12.7. The standard InChI is InChI=1S/C8H15N3O2/c1-5(2)6-10-7(13-11-6)8(3,9)4-12/h5,12H,4,9H2,1-3H3. The Morgan fingerprint density at radius 3 is 2.62 bits per heavy atom. The van der Waals surface area contributed by atoms with Crippen molar-refractivity contribution in [1.82, 2.24) is 10.1 Å². The number of aliphatic hydroxyl groups is 1. The molecule has 0 spiro atoms. The van der Waals surface area contributed by atoms with Crippen molar-refractivity contribution in [2.45, 2.75) is 32.2 Å². The Kier molecular flexibility index (Phi) is 2.68. The first-order chi connectivity index (χ1) is 5.97. The van der Waals surface area contributed by atoms with Crippen molar-refractivity contribution < 1.29 is 9.63 Å². The molecule has 0 saturated heterocycles. The van der Waals surface area contributed by atoms with E-state index in [1.165, 1.54) is 0 Å². The lowest BCUT2D eigenvalue weighted by molar-refractivity contribution is 0.173. The van der Waals surface area contributed by atoms with Gasteiger partial charge in [-0.2, -0.15) is 4.98 Å². The summed E-state index contributed by atoms with van der Waals surface area (Å²) in [6.07, 6.45) is 0. The number of nitrogens with two attached hydrogens (primary N) is 1. The molecule has 3 N–H and O–H groups in total. The fourth-order valence-electron chi connectivity index (χ4n) is 0.769. The van der Waals surface area contributed by atoms with Crippen molar-refractivity contribution in [3.63, 3.8) is 0 Å². The predicted molar refractivity (Wildman–Crippen MR) is 47.0 cm³/mol. The van der Waals surface area contributed by atoms with Gasteiger partial charge in [0.05, 0.1) is 6.61 Å². The number of nitrogens with zero attached hydrogens (tertiary/aromatic N) is 2. The van der Waals surface area contributed by atoms with Crippen molar-refractivity contribution in [2.75, 3.05) is 6.61 Å². The molecule has 5 nitrogen and oxygen atoms in total. The summed E-state index contributed by atoms with van der Waals surface area (Å²) in [5.41, 5.74) is 4.76. The zero-order valence-corrected chi connectivity index (χ0v) is 8.11. The van der Waals surface area contributed by atoms with Gasteiger partial charge in [0.1, 0.15) is 5.54 Å². The van der Waals surface area contributed by atoms with E-state index < -0.39 is 5.54 Å². The Balaban J connectivity index is 2.91. The van der Waals surface area contributed by atoms with Crippen molar-refractivity contribution in [1.29, 1.82) is 0 Å². The van der Waals surface area contributed by atoms with Gasteiger partial charge in [-0.3, -0.25) is 0 Å². The molecular formula is C8H15N3O2. The molecule has 0 amide bonds. The highest BCUT2D eigenvalue weighted by molar-refractivity contribution is 5.01.